The van der Waals surface area contributed by atoms with E-state index in [-0.39, 0.29) is 6.54 Å². The summed E-state index contributed by atoms with van der Waals surface area (Å²) in [6.07, 6.45) is 1.40. The summed E-state index contributed by atoms with van der Waals surface area (Å²) >= 11 is 0. The molecule has 0 rings (SSSR count). The number of carbonyl (C=O) groups is 1. The molecule has 1 unspecified atom stereocenters. The van der Waals surface area contributed by atoms with Crippen molar-refractivity contribution in [3.63, 3.8) is 0 Å². The highest BCUT2D eigenvalue weighted by atomic mass is 16.4. The maximum atomic E-state index is 10.6. The van der Waals surface area contributed by atoms with E-state index in [1.807, 2.05) is 6.92 Å². The van der Waals surface area contributed by atoms with Crippen LogP contribution in [-0.4, -0.2) is 30.2 Å². The molecule has 0 amide bonds. The van der Waals surface area contributed by atoms with Crippen molar-refractivity contribution in [3.8, 4) is 0 Å². The van der Waals surface area contributed by atoms with Gasteiger partial charge in [-0.15, -0.1) is 0 Å². The number of hydrogen-bond acceptors (Lipinski definition) is 3. The van der Waals surface area contributed by atoms with Gasteiger partial charge in [0.25, 0.3) is 0 Å². The first-order chi connectivity index (χ1) is 6.22. The SMILES string of the molecule is CCCC(NCCN=[N+]=[N-])C(=O)O. The Bertz CT molecular complexity index is 201. The molecular formula is C7H14N4O2. The maximum absolute atomic E-state index is 10.6. The fourth-order valence-electron chi connectivity index (χ4n) is 0.935. The molecule has 1 atom stereocenters. The first kappa shape index (κ1) is 11.7. The van der Waals surface area contributed by atoms with Crippen molar-refractivity contribution in [1.82, 2.24) is 5.32 Å². The van der Waals surface area contributed by atoms with E-state index in [0.29, 0.717) is 13.0 Å². The first-order valence-electron chi connectivity index (χ1n) is 4.19. The molecular weight excluding hydrogens is 172 g/mol. The van der Waals surface area contributed by atoms with E-state index in [1.165, 1.54) is 0 Å². The van der Waals surface area contributed by atoms with Crippen LogP contribution in [-0.2, 0) is 4.79 Å². The molecule has 0 aliphatic rings. The molecule has 0 aliphatic heterocycles. The van der Waals surface area contributed by atoms with Crippen LogP contribution < -0.4 is 5.32 Å². The molecule has 2 N–H and O–H groups in total. The fraction of sp³-hybridized carbons (Fsp3) is 0.857. The lowest BCUT2D eigenvalue weighted by Crippen LogP contribution is -2.37. The smallest absolute Gasteiger partial charge is 0.320 e. The van der Waals surface area contributed by atoms with Crippen LogP contribution in [0.15, 0.2) is 5.11 Å². The Hall–Kier alpha value is -1.26. The Balaban J connectivity index is 3.68. The average molecular weight is 186 g/mol. The average Bonchev–Trinajstić information content (AvgIpc) is 2.10. The van der Waals surface area contributed by atoms with E-state index < -0.39 is 12.0 Å². The van der Waals surface area contributed by atoms with Gasteiger partial charge < -0.3 is 10.4 Å². The van der Waals surface area contributed by atoms with Gasteiger partial charge in [-0.25, -0.2) is 0 Å². The molecule has 0 fully saturated rings. The summed E-state index contributed by atoms with van der Waals surface area (Å²) in [5.41, 5.74) is 7.96. The number of azide groups is 1. The van der Waals surface area contributed by atoms with Gasteiger partial charge in [-0.1, -0.05) is 18.5 Å². The van der Waals surface area contributed by atoms with Crippen molar-refractivity contribution in [2.75, 3.05) is 13.1 Å². The van der Waals surface area contributed by atoms with E-state index in [4.69, 9.17) is 10.6 Å². The summed E-state index contributed by atoms with van der Waals surface area (Å²) in [5, 5.41) is 14.8. The Kier molecular flexibility index (Phi) is 6.68. The largest absolute Gasteiger partial charge is 0.480 e. The van der Waals surface area contributed by atoms with Crippen LogP contribution in [0.25, 0.3) is 10.4 Å². The van der Waals surface area contributed by atoms with Crippen LogP contribution in [0.3, 0.4) is 0 Å². The third-order valence-electron chi connectivity index (χ3n) is 1.54. The highest BCUT2D eigenvalue weighted by Gasteiger charge is 2.13. The van der Waals surface area contributed by atoms with Crippen LogP contribution in [0, 0.1) is 0 Å². The molecule has 0 aliphatic carbocycles. The molecule has 0 aromatic heterocycles. The molecule has 0 heterocycles. The predicted octanol–water partition coefficient (Wildman–Crippen LogP) is 1.14. The zero-order valence-corrected chi connectivity index (χ0v) is 7.60. The van der Waals surface area contributed by atoms with Crippen LogP contribution in [0.2, 0.25) is 0 Å². The molecule has 13 heavy (non-hydrogen) atoms. The molecule has 0 bridgehead atoms. The number of nitrogens with zero attached hydrogens (tertiary/aromatic N) is 3. The van der Waals surface area contributed by atoms with Gasteiger partial charge in [0.2, 0.25) is 0 Å². The standard InChI is InChI=1S/C7H14N4O2/c1-2-3-6(7(12)13)9-4-5-10-11-8/h6,9H,2-5H2,1H3,(H,12,13). The molecule has 0 radical (unpaired) electrons. The van der Waals surface area contributed by atoms with Gasteiger partial charge >= 0.3 is 5.97 Å². The molecule has 0 saturated carbocycles. The molecule has 74 valence electrons. The van der Waals surface area contributed by atoms with Crippen LogP contribution >= 0.6 is 0 Å². The van der Waals surface area contributed by atoms with Gasteiger partial charge in [0, 0.05) is 18.0 Å². The Morgan fingerprint density at radius 1 is 1.77 bits per heavy atom. The molecule has 6 heteroatoms. The summed E-state index contributed by atoms with van der Waals surface area (Å²) in [7, 11) is 0. The van der Waals surface area contributed by atoms with Crippen LogP contribution in [0.5, 0.6) is 0 Å². The molecule has 6 nitrogen and oxygen atoms in total. The van der Waals surface area contributed by atoms with Crippen molar-refractivity contribution in [1.29, 1.82) is 0 Å². The van der Waals surface area contributed by atoms with Gasteiger partial charge in [0.05, 0.1) is 0 Å². The van der Waals surface area contributed by atoms with E-state index in [1.54, 1.807) is 0 Å². The second-order valence-corrected chi connectivity index (χ2v) is 2.59. The fourth-order valence-corrected chi connectivity index (χ4v) is 0.935. The Morgan fingerprint density at radius 3 is 2.92 bits per heavy atom. The highest BCUT2D eigenvalue weighted by molar-refractivity contribution is 5.73. The lowest BCUT2D eigenvalue weighted by Gasteiger charge is -2.11. The van der Waals surface area contributed by atoms with Crippen molar-refractivity contribution >= 4 is 5.97 Å². The number of rotatable bonds is 7. The van der Waals surface area contributed by atoms with Crippen LogP contribution in [0.1, 0.15) is 19.8 Å². The predicted molar refractivity (Wildman–Crippen MR) is 48.3 cm³/mol. The Labute approximate surface area is 76.6 Å². The number of carboxylic acid groups (broad SMARTS) is 1. The first-order valence-corrected chi connectivity index (χ1v) is 4.19. The van der Waals surface area contributed by atoms with Crippen molar-refractivity contribution in [3.05, 3.63) is 10.4 Å². The number of hydrogen-bond donors (Lipinski definition) is 2. The summed E-state index contributed by atoms with van der Waals surface area (Å²) in [4.78, 5) is 13.1. The third kappa shape index (κ3) is 5.95. The van der Waals surface area contributed by atoms with Crippen molar-refractivity contribution in [2.45, 2.75) is 25.8 Å². The quantitative estimate of drug-likeness (QED) is 0.270. The van der Waals surface area contributed by atoms with Gasteiger partial charge in [-0.2, -0.15) is 0 Å². The molecule has 0 aromatic rings. The minimum atomic E-state index is -0.859. The zero-order chi connectivity index (χ0) is 10.1. The maximum Gasteiger partial charge on any atom is 0.320 e. The van der Waals surface area contributed by atoms with Gasteiger partial charge in [-0.05, 0) is 12.0 Å². The van der Waals surface area contributed by atoms with Crippen molar-refractivity contribution in [2.24, 2.45) is 5.11 Å². The molecule has 0 spiro atoms. The van der Waals surface area contributed by atoms with Gasteiger partial charge in [0.15, 0.2) is 0 Å². The summed E-state index contributed by atoms with van der Waals surface area (Å²) in [6.45, 7) is 2.61. The molecule has 0 aromatic carbocycles. The number of carboxylic acids is 1. The topological polar surface area (TPSA) is 98.1 Å². The lowest BCUT2D eigenvalue weighted by molar-refractivity contribution is -0.139. The highest BCUT2D eigenvalue weighted by Crippen LogP contribution is 1.95. The lowest BCUT2D eigenvalue weighted by atomic mass is 10.2. The van der Waals surface area contributed by atoms with Gasteiger partial charge in [-0.3, -0.25) is 4.79 Å². The number of nitrogens with one attached hydrogen (secondary N) is 1. The third-order valence-corrected chi connectivity index (χ3v) is 1.54. The number of aliphatic carboxylic acids is 1. The summed E-state index contributed by atoms with van der Waals surface area (Å²) in [5.74, 6) is -0.859. The summed E-state index contributed by atoms with van der Waals surface area (Å²) < 4.78 is 0. The summed E-state index contributed by atoms with van der Waals surface area (Å²) in [6, 6.07) is -0.529. The van der Waals surface area contributed by atoms with Gasteiger partial charge in [0.1, 0.15) is 6.04 Å². The minimum absolute atomic E-state index is 0.282. The van der Waals surface area contributed by atoms with E-state index in [0.717, 1.165) is 6.42 Å². The second kappa shape index (κ2) is 7.39. The molecule has 0 saturated heterocycles. The minimum Gasteiger partial charge on any atom is -0.480 e. The van der Waals surface area contributed by atoms with E-state index in [2.05, 4.69) is 15.3 Å². The monoisotopic (exact) mass is 186 g/mol. The van der Waals surface area contributed by atoms with Crippen molar-refractivity contribution < 1.29 is 9.90 Å². The normalized spacial score (nSPS) is 11.8. The van der Waals surface area contributed by atoms with E-state index in [9.17, 15) is 4.79 Å². The Morgan fingerprint density at radius 2 is 2.46 bits per heavy atom. The van der Waals surface area contributed by atoms with E-state index >= 15 is 0 Å². The second-order valence-electron chi connectivity index (χ2n) is 2.59. The zero-order valence-electron chi connectivity index (χ0n) is 7.60. The van der Waals surface area contributed by atoms with Crippen LogP contribution in [0.4, 0.5) is 0 Å².